The van der Waals surface area contributed by atoms with Gasteiger partial charge in [0.15, 0.2) is 0 Å². The zero-order chi connectivity index (χ0) is 9.98. The van der Waals surface area contributed by atoms with E-state index < -0.39 is 0 Å². The summed E-state index contributed by atoms with van der Waals surface area (Å²) in [5.74, 6) is 0.194. The minimum Gasteiger partial charge on any atom is -0.508 e. The molecule has 0 aromatic heterocycles. The van der Waals surface area contributed by atoms with E-state index in [0.29, 0.717) is 6.54 Å². The van der Waals surface area contributed by atoms with Crippen molar-refractivity contribution in [3.8, 4) is 0 Å². The lowest BCUT2D eigenvalue weighted by atomic mass is 10.2. The Balaban J connectivity index is 0. The van der Waals surface area contributed by atoms with Crippen LogP contribution >= 0.6 is 0 Å². The van der Waals surface area contributed by atoms with Crippen molar-refractivity contribution in [1.82, 2.24) is 0 Å². The molecule has 3 N–H and O–H groups in total. The van der Waals surface area contributed by atoms with Crippen LogP contribution in [0, 0.1) is 0 Å². The van der Waals surface area contributed by atoms with Crippen LogP contribution in [0.2, 0.25) is 0 Å². The van der Waals surface area contributed by atoms with Gasteiger partial charge in [-0.05, 0) is 13.0 Å². The minimum atomic E-state index is 0.194. The van der Waals surface area contributed by atoms with Crippen molar-refractivity contribution in [2.75, 3.05) is 6.54 Å². The highest BCUT2D eigenvalue weighted by molar-refractivity contribution is 5.27. The van der Waals surface area contributed by atoms with Crippen LogP contribution in [-0.4, -0.2) is 11.7 Å². The molecule has 0 aromatic rings. The van der Waals surface area contributed by atoms with Gasteiger partial charge >= 0.3 is 0 Å². The fourth-order valence-electron chi connectivity index (χ4n) is 0.589. The normalized spacial score (nSPS) is 11.7. The molecule has 0 atom stereocenters. The fraction of sp³-hybridized carbons (Fsp3) is 0.400. The molecule has 0 heterocycles. The molecule has 2 nitrogen and oxygen atoms in total. The van der Waals surface area contributed by atoms with E-state index in [1.165, 1.54) is 12.2 Å². The summed E-state index contributed by atoms with van der Waals surface area (Å²) < 4.78 is 0. The van der Waals surface area contributed by atoms with Crippen molar-refractivity contribution in [2.45, 2.75) is 20.8 Å². The molecule has 0 unspecified atom stereocenters. The number of aliphatic hydroxyl groups excluding tert-OH is 1. The summed E-state index contributed by atoms with van der Waals surface area (Å²) in [7, 11) is 0. The van der Waals surface area contributed by atoms with E-state index in [0.717, 1.165) is 5.57 Å². The number of nitrogens with two attached hydrogens (primary N) is 1. The standard InChI is InChI=1S/C8H13NO.C2H6/c1-3-5-8(10)7(4-2)6-9;1-2/h3-5,10H,1,6,9H2,2H3;1-2H3/b7-4-,8-5+;. The Morgan fingerprint density at radius 1 is 1.50 bits per heavy atom. The van der Waals surface area contributed by atoms with Crippen molar-refractivity contribution >= 4 is 0 Å². The minimum absolute atomic E-state index is 0.194. The molecule has 2 heteroatoms. The molecule has 0 aliphatic rings. The third kappa shape index (κ3) is 5.74. The second-order valence-electron chi connectivity index (χ2n) is 1.81. The SMILES string of the molecule is C=C/C=C(O)\C(=C/C)CN.CC. The molecule has 0 bridgehead atoms. The van der Waals surface area contributed by atoms with E-state index in [-0.39, 0.29) is 5.76 Å². The zero-order valence-corrected chi connectivity index (χ0v) is 8.17. The van der Waals surface area contributed by atoms with Crippen LogP contribution < -0.4 is 5.73 Å². The summed E-state index contributed by atoms with van der Waals surface area (Å²) >= 11 is 0. The van der Waals surface area contributed by atoms with Gasteiger partial charge in [0.25, 0.3) is 0 Å². The summed E-state index contributed by atoms with van der Waals surface area (Å²) in [5, 5.41) is 9.15. The molecule has 0 saturated carbocycles. The highest BCUT2D eigenvalue weighted by Gasteiger charge is 1.95. The van der Waals surface area contributed by atoms with Crippen molar-refractivity contribution < 1.29 is 5.11 Å². The Morgan fingerprint density at radius 3 is 2.25 bits per heavy atom. The Morgan fingerprint density at radius 2 is 2.00 bits per heavy atom. The Hall–Kier alpha value is -1.02. The maximum absolute atomic E-state index is 9.15. The second-order valence-corrected chi connectivity index (χ2v) is 1.81. The first-order valence-corrected chi connectivity index (χ1v) is 4.13. The van der Waals surface area contributed by atoms with Gasteiger partial charge in [-0.25, -0.2) is 0 Å². The van der Waals surface area contributed by atoms with Gasteiger partial charge in [0.05, 0.1) is 0 Å². The van der Waals surface area contributed by atoms with E-state index in [2.05, 4.69) is 6.58 Å². The zero-order valence-electron chi connectivity index (χ0n) is 8.17. The molecule has 0 aliphatic carbocycles. The maximum atomic E-state index is 9.15. The van der Waals surface area contributed by atoms with E-state index in [1.807, 2.05) is 20.8 Å². The number of hydrogen-bond acceptors (Lipinski definition) is 2. The van der Waals surface area contributed by atoms with Crippen LogP contribution in [0.15, 0.2) is 36.1 Å². The molecule has 0 fully saturated rings. The monoisotopic (exact) mass is 169 g/mol. The van der Waals surface area contributed by atoms with Crippen LogP contribution in [0.3, 0.4) is 0 Å². The lowest BCUT2D eigenvalue weighted by molar-refractivity contribution is 0.421. The first-order chi connectivity index (χ1) is 5.76. The summed E-state index contributed by atoms with van der Waals surface area (Å²) in [6.45, 7) is 9.63. The average Bonchev–Trinajstić information content (AvgIpc) is 2.11. The predicted molar refractivity (Wildman–Crippen MR) is 55.1 cm³/mol. The Labute approximate surface area is 75.1 Å². The van der Waals surface area contributed by atoms with Gasteiger partial charge in [-0.1, -0.05) is 32.6 Å². The van der Waals surface area contributed by atoms with Gasteiger partial charge in [0.1, 0.15) is 5.76 Å². The molecular weight excluding hydrogens is 150 g/mol. The average molecular weight is 169 g/mol. The first kappa shape index (κ1) is 13.6. The number of rotatable bonds is 3. The van der Waals surface area contributed by atoms with Gasteiger partial charge in [-0.3, -0.25) is 0 Å². The van der Waals surface area contributed by atoms with Crippen molar-refractivity contribution in [3.63, 3.8) is 0 Å². The molecule has 0 amide bonds. The topological polar surface area (TPSA) is 46.2 Å². The quantitative estimate of drug-likeness (QED) is 0.504. The van der Waals surface area contributed by atoms with Crippen LogP contribution in [0.4, 0.5) is 0 Å². The number of hydrogen-bond donors (Lipinski definition) is 2. The van der Waals surface area contributed by atoms with Crippen molar-refractivity contribution in [2.24, 2.45) is 5.73 Å². The molecule has 70 valence electrons. The van der Waals surface area contributed by atoms with Crippen LogP contribution in [0.5, 0.6) is 0 Å². The van der Waals surface area contributed by atoms with Crippen LogP contribution in [-0.2, 0) is 0 Å². The summed E-state index contributed by atoms with van der Waals surface area (Å²) in [4.78, 5) is 0. The second kappa shape index (κ2) is 9.98. The summed E-state index contributed by atoms with van der Waals surface area (Å²) in [5.41, 5.74) is 6.05. The lowest BCUT2D eigenvalue weighted by Gasteiger charge is -1.99. The molecular formula is C10H19NO. The molecule has 0 saturated heterocycles. The molecule has 0 rings (SSSR count). The lowest BCUT2D eigenvalue weighted by Crippen LogP contribution is -2.04. The van der Waals surface area contributed by atoms with E-state index in [1.54, 1.807) is 6.08 Å². The van der Waals surface area contributed by atoms with Crippen LogP contribution in [0.25, 0.3) is 0 Å². The van der Waals surface area contributed by atoms with Gasteiger partial charge in [-0.2, -0.15) is 0 Å². The number of aliphatic hydroxyl groups is 1. The van der Waals surface area contributed by atoms with Gasteiger partial charge in [0.2, 0.25) is 0 Å². The van der Waals surface area contributed by atoms with E-state index in [4.69, 9.17) is 10.8 Å². The Kier molecular flexibility index (Phi) is 11.3. The highest BCUT2D eigenvalue weighted by Crippen LogP contribution is 2.03. The summed E-state index contributed by atoms with van der Waals surface area (Å²) in [6.07, 6.45) is 4.81. The van der Waals surface area contributed by atoms with E-state index in [9.17, 15) is 0 Å². The third-order valence-electron chi connectivity index (χ3n) is 1.17. The number of allylic oxidation sites excluding steroid dienone is 3. The third-order valence-corrected chi connectivity index (χ3v) is 1.17. The molecule has 0 radical (unpaired) electrons. The highest BCUT2D eigenvalue weighted by atomic mass is 16.3. The van der Waals surface area contributed by atoms with Gasteiger partial charge < -0.3 is 10.8 Å². The van der Waals surface area contributed by atoms with Gasteiger partial charge in [0, 0.05) is 12.1 Å². The smallest absolute Gasteiger partial charge is 0.119 e. The van der Waals surface area contributed by atoms with Crippen molar-refractivity contribution in [1.29, 1.82) is 0 Å². The van der Waals surface area contributed by atoms with E-state index >= 15 is 0 Å². The van der Waals surface area contributed by atoms with Crippen LogP contribution in [0.1, 0.15) is 20.8 Å². The molecule has 0 spiro atoms. The largest absolute Gasteiger partial charge is 0.508 e. The van der Waals surface area contributed by atoms with Crippen molar-refractivity contribution in [3.05, 3.63) is 36.1 Å². The summed E-state index contributed by atoms with van der Waals surface area (Å²) in [6, 6.07) is 0. The molecule has 0 aliphatic heterocycles. The predicted octanol–water partition coefficient (Wildman–Crippen LogP) is 2.55. The van der Waals surface area contributed by atoms with Gasteiger partial charge in [-0.15, -0.1) is 0 Å². The first-order valence-electron chi connectivity index (χ1n) is 4.13. The Bertz CT molecular complexity index is 169. The maximum Gasteiger partial charge on any atom is 0.119 e. The molecule has 0 aromatic carbocycles. The molecule has 12 heavy (non-hydrogen) atoms. The fourth-order valence-corrected chi connectivity index (χ4v) is 0.589.